The van der Waals surface area contributed by atoms with Crippen LogP contribution in [0.1, 0.15) is 41.3 Å². The Morgan fingerprint density at radius 1 is 1.05 bits per heavy atom. The molecule has 1 aromatic rings. The van der Waals surface area contributed by atoms with Crippen molar-refractivity contribution in [3.63, 3.8) is 0 Å². The summed E-state index contributed by atoms with van der Waals surface area (Å²) in [6.07, 6.45) is 1.48. The highest BCUT2D eigenvalue weighted by atomic mass is 16.2. The summed E-state index contributed by atoms with van der Waals surface area (Å²) in [5, 5.41) is 0. The molecule has 0 spiro atoms. The molecule has 4 nitrogen and oxygen atoms in total. The van der Waals surface area contributed by atoms with Crippen molar-refractivity contribution in [1.82, 2.24) is 9.80 Å². The molecule has 2 rings (SSSR count). The van der Waals surface area contributed by atoms with Crippen LogP contribution >= 0.6 is 0 Å². The van der Waals surface area contributed by atoms with E-state index in [2.05, 4.69) is 0 Å². The Hall–Kier alpha value is -1.84. The second-order valence-corrected chi connectivity index (χ2v) is 5.74. The van der Waals surface area contributed by atoms with Crippen molar-refractivity contribution >= 4 is 11.8 Å². The van der Waals surface area contributed by atoms with Gasteiger partial charge in [0.25, 0.3) is 5.91 Å². The van der Waals surface area contributed by atoms with Gasteiger partial charge in [0, 0.05) is 38.2 Å². The Labute approximate surface area is 126 Å². The number of rotatable bonds is 3. The van der Waals surface area contributed by atoms with Crippen LogP contribution in [0.3, 0.4) is 0 Å². The number of carbonyl (C=O) groups excluding carboxylic acids is 2. The molecule has 0 radical (unpaired) electrons. The zero-order valence-corrected chi connectivity index (χ0v) is 13.2. The average Bonchev–Trinajstić information content (AvgIpc) is 2.49. The minimum absolute atomic E-state index is 0.0822. The van der Waals surface area contributed by atoms with Crippen LogP contribution in [0.5, 0.6) is 0 Å². The van der Waals surface area contributed by atoms with E-state index in [0.29, 0.717) is 32.6 Å². The Balaban J connectivity index is 2.00. The van der Waals surface area contributed by atoms with Crippen molar-refractivity contribution in [2.45, 2.75) is 33.6 Å². The summed E-state index contributed by atoms with van der Waals surface area (Å²) in [4.78, 5) is 28.2. The Bertz CT molecular complexity index is 532. The van der Waals surface area contributed by atoms with Crippen molar-refractivity contribution in [1.29, 1.82) is 0 Å². The smallest absolute Gasteiger partial charge is 0.254 e. The highest BCUT2D eigenvalue weighted by Gasteiger charge is 2.25. The van der Waals surface area contributed by atoms with Gasteiger partial charge in [-0.1, -0.05) is 24.6 Å². The van der Waals surface area contributed by atoms with E-state index >= 15 is 0 Å². The van der Waals surface area contributed by atoms with Gasteiger partial charge in [0.05, 0.1) is 0 Å². The second kappa shape index (κ2) is 6.74. The number of hydrogen-bond acceptors (Lipinski definition) is 2. The minimum atomic E-state index is 0.0822. The molecule has 0 aromatic heterocycles. The van der Waals surface area contributed by atoms with E-state index in [0.717, 1.165) is 23.1 Å². The first-order chi connectivity index (χ1) is 10.0. The molecule has 1 fully saturated rings. The maximum absolute atomic E-state index is 12.6. The van der Waals surface area contributed by atoms with Crippen molar-refractivity contribution in [3.05, 3.63) is 34.9 Å². The van der Waals surface area contributed by atoms with Crippen molar-refractivity contribution in [3.8, 4) is 0 Å². The van der Waals surface area contributed by atoms with E-state index in [4.69, 9.17) is 0 Å². The van der Waals surface area contributed by atoms with Gasteiger partial charge >= 0.3 is 0 Å². The molecule has 2 amide bonds. The summed E-state index contributed by atoms with van der Waals surface area (Å²) in [7, 11) is 0. The van der Waals surface area contributed by atoms with Crippen LogP contribution in [-0.2, 0) is 4.79 Å². The molecule has 1 aromatic carbocycles. The quantitative estimate of drug-likeness (QED) is 0.857. The summed E-state index contributed by atoms with van der Waals surface area (Å²) in [5.74, 6) is 0.287. The van der Waals surface area contributed by atoms with E-state index in [1.165, 1.54) is 0 Å². The maximum Gasteiger partial charge on any atom is 0.254 e. The second-order valence-electron chi connectivity index (χ2n) is 5.74. The average molecular weight is 288 g/mol. The summed E-state index contributed by atoms with van der Waals surface area (Å²) >= 11 is 0. The summed E-state index contributed by atoms with van der Waals surface area (Å²) in [6, 6.07) is 5.96. The zero-order chi connectivity index (χ0) is 15.4. The van der Waals surface area contributed by atoms with E-state index in [9.17, 15) is 9.59 Å². The number of piperazine rings is 1. The third-order valence-electron chi connectivity index (χ3n) is 4.01. The zero-order valence-electron chi connectivity index (χ0n) is 13.2. The highest BCUT2D eigenvalue weighted by molar-refractivity contribution is 5.96. The van der Waals surface area contributed by atoms with Crippen LogP contribution in [0.15, 0.2) is 18.2 Å². The van der Waals surface area contributed by atoms with Crippen LogP contribution in [-0.4, -0.2) is 47.8 Å². The Morgan fingerprint density at radius 2 is 1.67 bits per heavy atom. The Morgan fingerprint density at radius 3 is 2.29 bits per heavy atom. The van der Waals surface area contributed by atoms with Gasteiger partial charge in [-0.2, -0.15) is 0 Å². The van der Waals surface area contributed by atoms with Gasteiger partial charge < -0.3 is 9.80 Å². The van der Waals surface area contributed by atoms with E-state index in [1.54, 1.807) is 0 Å². The first-order valence-electron chi connectivity index (χ1n) is 7.67. The van der Waals surface area contributed by atoms with Crippen molar-refractivity contribution in [2.24, 2.45) is 0 Å². The normalized spacial score (nSPS) is 15.2. The monoisotopic (exact) mass is 288 g/mol. The van der Waals surface area contributed by atoms with Crippen molar-refractivity contribution in [2.75, 3.05) is 26.2 Å². The predicted octanol–water partition coefficient (Wildman–Crippen LogP) is 2.39. The molecule has 1 heterocycles. The topological polar surface area (TPSA) is 40.6 Å². The number of carbonyl (C=O) groups is 2. The number of amides is 2. The fourth-order valence-electron chi connectivity index (χ4n) is 2.67. The molecular formula is C17H24N2O2. The molecular weight excluding hydrogens is 264 g/mol. The molecule has 0 unspecified atom stereocenters. The summed E-state index contributed by atoms with van der Waals surface area (Å²) in [6.45, 7) is 8.53. The number of aryl methyl sites for hydroxylation is 2. The third kappa shape index (κ3) is 3.63. The van der Waals surface area contributed by atoms with Crippen LogP contribution < -0.4 is 0 Å². The van der Waals surface area contributed by atoms with Crippen LogP contribution in [0.4, 0.5) is 0 Å². The van der Waals surface area contributed by atoms with Crippen molar-refractivity contribution < 1.29 is 9.59 Å². The third-order valence-corrected chi connectivity index (χ3v) is 4.01. The van der Waals surface area contributed by atoms with E-state index in [-0.39, 0.29) is 11.8 Å². The molecule has 1 aliphatic heterocycles. The molecule has 0 saturated carbocycles. The molecule has 4 heteroatoms. The van der Waals surface area contributed by atoms with Crippen LogP contribution in [0.2, 0.25) is 0 Å². The van der Waals surface area contributed by atoms with E-state index < -0.39 is 0 Å². The lowest BCUT2D eigenvalue weighted by molar-refractivity contribution is -0.132. The molecule has 21 heavy (non-hydrogen) atoms. The molecule has 1 aliphatic rings. The summed E-state index contributed by atoms with van der Waals surface area (Å²) in [5.41, 5.74) is 2.89. The standard InChI is InChI=1S/C17H24N2O2/c1-4-5-16(20)18-8-10-19(11-9-18)17(21)15-12-13(2)6-7-14(15)3/h6-7,12H,4-5,8-11H2,1-3H3. The van der Waals surface area contributed by atoms with Gasteiger partial charge in [-0.05, 0) is 31.9 Å². The lowest BCUT2D eigenvalue weighted by Gasteiger charge is -2.35. The largest absolute Gasteiger partial charge is 0.339 e. The van der Waals surface area contributed by atoms with Gasteiger partial charge in [0.1, 0.15) is 0 Å². The van der Waals surface area contributed by atoms with Crippen LogP contribution in [0, 0.1) is 13.8 Å². The molecule has 0 atom stereocenters. The molecule has 1 saturated heterocycles. The number of benzene rings is 1. The first kappa shape index (κ1) is 15.5. The fraction of sp³-hybridized carbons (Fsp3) is 0.529. The minimum Gasteiger partial charge on any atom is -0.339 e. The molecule has 0 aliphatic carbocycles. The van der Waals surface area contributed by atoms with Gasteiger partial charge in [-0.25, -0.2) is 0 Å². The Kier molecular flexibility index (Phi) is 4.99. The first-order valence-corrected chi connectivity index (χ1v) is 7.67. The fourth-order valence-corrected chi connectivity index (χ4v) is 2.67. The number of hydrogen-bond donors (Lipinski definition) is 0. The summed E-state index contributed by atoms with van der Waals surface area (Å²) < 4.78 is 0. The predicted molar refractivity (Wildman–Crippen MR) is 83.3 cm³/mol. The van der Waals surface area contributed by atoms with Gasteiger partial charge in [0.2, 0.25) is 5.91 Å². The molecule has 0 N–H and O–H groups in total. The highest BCUT2D eigenvalue weighted by Crippen LogP contribution is 2.15. The lowest BCUT2D eigenvalue weighted by atomic mass is 10.0. The molecule has 0 bridgehead atoms. The van der Waals surface area contributed by atoms with Gasteiger partial charge in [0.15, 0.2) is 0 Å². The maximum atomic E-state index is 12.6. The van der Waals surface area contributed by atoms with Crippen LogP contribution in [0.25, 0.3) is 0 Å². The molecule has 114 valence electrons. The number of nitrogens with zero attached hydrogens (tertiary/aromatic N) is 2. The van der Waals surface area contributed by atoms with Gasteiger partial charge in [-0.3, -0.25) is 9.59 Å². The van der Waals surface area contributed by atoms with Gasteiger partial charge in [-0.15, -0.1) is 0 Å². The SMILES string of the molecule is CCCC(=O)N1CCN(C(=O)c2cc(C)ccc2C)CC1. The lowest BCUT2D eigenvalue weighted by Crippen LogP contribution is -2.50. The van der Waals surface area contributed by atoms with E-state index in [1.807, 2.05) is 48.8 Å².